The first-order valence-electron chi connectivity index (χ1n) is 11.3. The number of aromatic nitrogens is 2. The third-order valence-corrected chi connectivity index (χ3v) is 6.78. The minimum atomic E-state index is -0.171. The summed E-state index contributed by atoms with van der Waals surface area (Å²) in [5.74, 6) is 0.500. The fourth-order valence-electron chi connectivity index (χ4n) is 5.06. The first kappa shape index (κ1) is 20.8. The number of fused-ring (bicyclic) bond motifs is 1. The van der Waals surface area contributed by atoms with Crippen LogP contribution in [0.1, 0.15) is 57.2 Å². The predicted molar refractivity (Wildman–Crippen MR) is 118 cm³/mol. The molecular weight excluding hydrogens is 378 g/mol. The van der Waals surface area contributed by atoms with Crippen LogP contribution in [-0.4, -0.2) is 58.0 Å². The fourth-order valence-corrected chi connectivity index (χ4v) is 5.06. The number of hydrogen-bond donors (Lipinski definition) is 2. The second-order valence-electron chi connectivity index (χ2n) is 8.88. The third-order valence-electron chi connectivity index (χ3n) is 6.78. The van der Waals surface area contributed by atoms with Crippen LogP contribution in [0.5, 0.6) is 0 Å². The molecule has 2 heterocycles. The molecule has 1 saturated heterocycles. The Morgan fingerprint density at radius 1 is 1.13 bits per heavy atom. The monoisotopic (exact) mass is 411 g/mol. The molecule has 0 unspecified atom stereocenters. The van der Waals surface area contributed by atoms with Crippen molar-refractivity contribution in [3.05, 3.63) is 40.4 Å². The maximum atomic E-state index is 12.8. The summed E-state index contributed by atoms with van der Waals surface area (Å²) in [6.07, 6.45) is 9.94. The van der Waals surface area contributed by atoms with Crippen LogP contribution < -0.4 is 10.9 Å². The van der Waals surface area contributed by atoms with Gasteiger partial charge in [-0.3, -0.25) is 9.69 Å². The maximum Gasteiger partial charge on any atom is 0.317 e. The quantitative estimate of drug-likeness (QED) is 0.791. The SMILES string of the molecule is CN(Cc1nc2ccccc2c(=O)[nH]1)C(=O)NCC1(N2CCCCC2)CCCCC1. The van der Waals surface area contributed by atoms with Crippen LogP contribution in [0.3, 0.4) is 0 Å². The van der Waals surface area contributed by atoms with Gasteiger partial charge in [0.2, 0.25) is 0 Å². The van der Waals surface area contributed by atoms with Gasteiger partial charge >= 0.3 is 6.03 Å². The van der Waals surface area contributed by atoms with Crippen molar-refractivity contribution in [2.45, 2.75) is 63.5 Å². The lowest BCUT2D eigenvalue weighted by atomic mass is 9.79. The summed E-state index contributed by atoms with van der Waals surface area (Å²) >= 11 is 0. The first-order valence-corrected chi connectivity index (χ1v) is 11.3. The number of likely N-dealkylation sites (tertiary alicyclic amines) is 1. The maximum absolute atomic E-state index is 12.8. The molecule has 0 atom stereocenters. The number of nitrogens with one attached hydrogen (secondary N) is 2. The number of nitrogens with zero attached hydrogens (tertiary/aromatic N) is 3. The minimum Gasteiger partial charge on any atom is -0.336 e. The van der Waals surface area contributed by atoms with Crippen LogP contribution >= 0.6 is 0 Å². The van der Waals surface area contributed by atoms with Crippen LogP contribution in [0.2, 0.25) is 0 Å². The van der Waals surface area contributed by atoms with Crippen molar-refractivity contribution >= 4 is 16.9 Å². The van der Waals surface area contributed by atoms with Crippen molar-refractivity contribution in [3.63, 3.8) is 0 Å². The average Bonchev–Trinajstić information content (AvgIpc) is 2.79. The fraction of sp³-hybridized carbons (Fsp3) is 0.609. The highest BCUT2D eigenvalue weighted by Crippen LogP contribution is 2.35. The van der Waals surface area contributed by atoms with Crippen molar-refractivity contribution in [1.29, 1.82) is 0 Å². The number of amides is 2. The molecule has 1 aliphatic carbocycles. The van der Waals surface area contributed by atoms with Crippen LogP contribution in [0.25, 0.3) is 10.9 Å². The summed E-state index contributed by atoms with van der Waals surface area (Å²) < 4.78 is 0. The molecular formula is C23H33N5O2. The van der Waals surface area contributed by atoms with E-state index in [-0.39, 0.29) is 23.7 Å². The van der Waals surface area contributed by atoms with E-state index in [1.165, 1.54) is 38.5 Å². The van der Waals surface area contributed by atoms with Crippen LogP contribution in [0.4, 0.5) is 4.79 Å². The van der Waals surface area contributed by atoms with Gasteiger partial charge in [-0.2, -0.15) is 0 Å². The van der Waals surface area contributed by atoms with Crippen LogP contribution in [0.15, 0.2) is 29.1 Å². The van der Waals surface area contributed by atoms with E-state index < -0.39 is 0 Å². The van der Waals surface area contributed by atoms with Gasteiger partial charge in [0.25, 0.3) is 5.56 Å². The molecule has 0 bridgehead atoms. The Morgan fingerprint density at radius 3 is 2.60 bits per heavy atom. The standard InChI is InChI=1S/C23H33N5O2/c1-27(16-20-25-19-11-5-4-10-18(19)21(29)26-20)22(30)24-17-23(12-6-2-7-13-23)28-14-8-3-9-15-28/h4-5,10-11H,2-3,6-9,12-17H2,1H3,(H,24,30)(H,25,26,29). The van der Waals surface area contributed by atoms with Crippen LogP contribution in [0, 0.1) is 0 Å². The zero-order valence-electron chi connectivity index (χ0n) is 18.0. The molecule has 2 N–H and O–H groups in total. The first-order chi connectivity index (χ1) is 14.6. The number of carbonyl (C=O) groups is 1. The Morgan fingerprint density at radius 2 is 1.83 bits per heavy atom. The summed E-state index contributed by atoms with van der Waals surface area (Å²) in [6.45, 7) is 3.25. The van der Waals surface area contributed by atoms with Crippen molar-refractivity contribution in [2.75, 3.05) is 26.7 Å². The molecule has 30 heavy (non-hydrogen) atoms. The van der Waals surface area contributed by atoms with Gasteiger partial charge in [0.1, 0.15) is 5.82 Å². The highest BCUT2D eigenvalue weighted by Gasteiger charge is 2.38. The van der Waals surface area contributed by atoms with E-state index in [2.05, 4.69) is 20.2 Å². The predicted octanol–water partition coefficient (Wildman–Crippen LogP) is 3.25. The van der Waals surface area contributed by atoms with Gasteiger partial charge in [-0.05, 0) is 50.9 Å². The molecule has 1 aromatic heterocycles. The number of urea groups is 1. The lowest BCUT2D eigenvalue weighted by Gasteiger charge is -2.48. The Kier molecular flexibility index (Phi) is 6.37. The molecule has 2 fully saturated rings. The third kappa shape index (κ3) is 4.51. The second kappa shape index (κ2) is 9.16. The summed E-state index contributed by atoms with van der Waals surface area (Å²) in [6, 6.07) is 7.14. The molecule has 0 radical (unpaired) electrons. The topological polar surface area (TPSA) is 81.3 Å². The minimum absolute atomic E-state index is 0.102. The number of rotatable bonds is 5. The van der Waals surface area contributed by atoms with Crippen molar-refractivity contribution in [2.24, 2.45) is 0 Å². The smallest absolute Gasteiger partial charge is 0.317 e. The van der Waals surface area contributed by atoms with E-state index in [4.69, 9.17) is 0 Å². The highest BCUT2D eigenvalue weighted by atomic mass is 16.2. The van der Waals surface area contributed by atoms with E-state index in [9.17, 15) is 9.59 Å². The van der Waals surface area contributed by atoms with Crippen molar-refractivity contribution < 1.29 is 4.79 Å². The molecule has 2 amide bonds. The number of para-hydroxylation sites is 1. The average molecular weight is 412 g/mol. The summed E-state index contributed by atoms with van der Waals surface area (Å²) in [5.41, 5.74) is 0.581. The molecule has 7 nitrogen and oxygen atoms in total. The molecule has 2 aliphatic rings. The van der Waals surface area contributed by atoms with Gasteiger partial charge in [0, 0.05) is 19.1 Å². The lowest BCUT2D eigenvalue weighted by molar-refractivity contribution is 0.0345. The molecule has 1 aliphatic heterocycles. The molecule has 1 aromatic carbocycles. The van der Waals surface area contributed by atoms with Gasteiger partial charge < -0.3 is 15.2 Å². The molecule has 0 spiro atoms. The Bertz CT molecular complexity index is 929. The van der Waals surface area contributed by atoms with Gasteiger partial charge in [-0.25, -0.2) is 9.78 Å². The van der Waals surface area contributed by atoms with Crippen molar-refractivity contribution in [1.82, 2.24) is 25.1 Å². The molecule has 4 rings (SSSR count). The Balaban J connectivity index is 1.40. The number of benzene rings is 1. The van der Waals surface area contributed by atoms with Crippen LogP contribution in [-0.2, 0) is 6.54 Å². The summed E-state index contributed by atoms with van der Waals surface area (Å²) in [7, 11) is 1.75. The van der Waals surface area contributed by atoms with Gasteiger partial charge in [0.05, 0.1) is 17.4 Å². The van der Waals surface area contributed by atoms with E-state index in [1.54, 1.807) is 18.0 Å². The molecule has 7 heteroatoms. The number of H-pyrrole nitrogens is 1. The summed E-state index contributed by atoms with van der Waals surface area (Å²) in [5, 5.41) is 3.75. The largest absolute Gasteiger partial charge is 0.336 e. The number of piperidine rings is 1. The van der Waals surface area contributed by atoms with Gasteiger partial charge in [-0.1, -0.05) is 37.8 Å². The number of carbonyl (C=O) groups excluding carboxylic acids is 1. The Labute approximate surface area is 177 Å². The van der Waals surface area contributed by atoms with E-state index in [0.717, 1.165) is 25.9 Å². The number of hydrogen-bond acceptors (Lipinski definition) is 4. The van der Waals surface area contributed by atoms with E-state index in [0.29, 0.717) is 23.3 Å². The lowest BCUT2D eigenvalue weighted by Crippen LogP contribution is -2.59. The summed E-state index contributed by atoms with van der Waals surface area (Å²) in [4.78, 5) is 36.7. The van der Waals surface area contributed by atoms with Gasteiger partial charge in [-0.15, -0.1) is 0 Å². The van der Waals surface area contributed by atoms with Gasteiger partial charge in [0.15, 0.2) is 0 Å². The molecule has 1 saturated carbocycles. The normalized spacial score (nSPS) is 19.5. The van der Waals surface area contributed by atoms with E-state index >= 15 is 0 Å². The van der Waals surface area contributed by atoms with E-state index in [1.807, 2.05) is 18.2 Å². The zero-order valence-corrected chi connectivity index (χ0v) is 18.0. The number of aromatic amines is 1. The highest BCUT2D eigenvalue weighted by molar-refractivity contribution is 5.77. The molecule has 2 aromatic rings. The zero-order chi connectivity index (χ0) is 21.0. The Hall–Kier alpha value is -2.41. The van der Waals surface area contributed by atoms with Crippen molar-refractivity contribution in [3.8, 4) is 0 Å². The second-order valence-corrected chi connectivity index (χ2v) is 8.88. The molecule has 162 valence electrons.